The fourth-order valence-corrected chi connectivity index (χ4v) is 6.28. The van der Waals surface area contributed by atoms with Gasteiger partial charge in [0.2, 0.25) is 5.91 Å². The number of primary amides is 1. The van der Waals surface area contributed by atoms with Gasteiger partial charge in [0.25, 0.3) is 0 Å². The van der Waals surface area contributed by atoms with E-state index in [9.17, 15) is 4.79 Å². The van der Waals surface area contributed by atoms with E-state index in [1.54, 1.807) is 0 Å². The lowest BCUT2D eigenvalue weighted by atomic mass is 9.97. The summed E-state index contributed by atoms with van der Waals surface area (Å²) in [5.41, 5.74) is 5.86. The van der Waals surface area contributed by atoms with E-state index in [1.165, 1.54) is 38.6 Å². The highest BCUT2D eigenvalue weighted by Crippen LogP contribution is 2.28. The van der Waals surface area contributed by atoms with E-state index in [0.29, 0.717) is 12.5 Å². The second-order valence-corrected chi connectivity index (χ2v) is 12.5. The Kier molecular flexibility index (Phi) is 19.8. The van der Waals surface area contributed by atoms with Crippen molar-refractivity contribution >= 4 is 5.91 Å². The van der Waals surface area contributed by atoms with Gasteiger partial charge in [-0.3, -0.25) is 9.69 Å². The van der Waals surface area contributed by atoms with Crippen LogP contribution in [0.25, 0.3) is 0 Å². The van der Waals surface area contributed by atoms with Gasteiger partial charge < -0.3 is 58.9 Å². The summed E-state index contributed by atoms with van der Waals surface area (Å²) in [6.45, 7) is 19.5. The van der Waals surface area contributed by atoms with Crippen LogP contribution < -0.4 is 58.9 Å². The summed E-state index contributed by atoms with van der Waals surface area (Å²) >= 11 is 0. The molecule has 2 unspecified atom stereocenters. The van der Waals surface area contributed by atoms with Crippen molar-refractivity contribution in [1.29, 1.82) is 0 Å². The van der Waals surface area contributed by atoms with Crippen molar-refractivity contribution in [1.82, 2.24) is 58.1 Å². The molecule has 13 heteroatoms. The number of carbonyl (C=O) groups excluding carboxylic acids is 1. The molecule has 43 heavy (non-hydrogen) atoms. The van der Waals surface area contributed by atoms with Gasteiger partial charge in [0.1, 0.15) is 0 Å². The molecule has 1 amide bonds. The molecule has 0 aromatic carbocycles. The normalized spacial score (nSPS) is 29.1. The number of hydrogen-bond donors (Lipinski definition) is 11. The third kappa shape index (κ3) is 16.2. The molecule has 12 N–H and O–H groups in total. The maximum atomic E-state index is 12.0. The smallest absolute Gasteiger partial charge is 0.234 e. The standard InChI is InChI=1S/C30H66N12O/c31-29(43)28-3-7-32-8-9-33-14-15-37-22-24-42-23-4-27(42)25-38-17-16-35-11-10-34-12-13-36-19-21-41-30(5-1-2-6-30)26-39-18-20-40-28/h27-28,32-41H,1-26H2,(H2,31,43). The van der Waals surface area contributed by atoms with Crippen LogP contribution in [0.15, 0.2) is 0 Å². The van der Waals surface area contributed by atoms with Crippen LogP contribution in [-0.2, 0) is 4.79 Å². The average Bonchev–Trinajstić information content (AvgIpc) is 3.46. The molecule has 2 saturated heterocycles. The molecule has 0 radical (unpaired) electrons. The molecule has 1 aliphatic carbocycles. The first kappa shape index (κ1) is 36.5. The number of nitrogens with one attached hydrogen (secondary N) is 10. The molecular formula is C30H66N12O. The minimum Gasteiger partial charge on any atom is -0.368 e. The van der Waals surface area contributed by atoms with Crippen LogP contribution in [0.5, 0.6) is 0 Å². The Labute approximate surface area is 261 Å². The van der Waals surface area contributed by atoms with Crippen LogP contribution in [0, 0.1) is 0 Å². The minimum atomic E-state index is -0.300. The topological polar surface area (TPSA) is 167 Å². The van der Waals surface area contributed by atoms with Gasteiger partial charge in [0.15, 0.2) is 0 Å². The van der Waals surface area contributed by atoms with Crippen LogP contribution in [0.1, 0.15) is 38.5 Å². The van der Waals surface area contributed by atoms with Gasteiger partial charge in [-0.05, 0) is 32.2 Å². The zero-order chi connectivity index (χ0) is 30.3. The van der Waals surface area contributed by atoms with Crippen molar-refractivity contribution in [2.45, 2.75) is 56.1 Å². The zero-order valence-corrected chi connectivity index (χ0v) is 27.0. The van der Waals surface area contributed by atoms with Crippen molar-refractivity contribution in [3.8, 4) is 0 Å². The molecule has 252 valence electrons. The van der Waals surface area contributed by atoms with Gasteiger partial charge in [-0.15, -0.1) is 0 Å². The molecule has 3 aliphatic rings. The van der Waals surface area contributed by atoms with Crippen molar-refractivity contribution in [2.24, 2.45) is 5.73 Å². The first-order chi connectivity index (χ1) is 21.2. The van der Waals surface area contributed by atoms with Crippen LogP contribution in [0.2, 0.25) is 0 Å². The number of amides is 1. The molecular weight excluding hydrogens is 544 g/mol. The molecule has 1 spiro atoms. The number of fused-ring (bicyclic) bond motifs is 1. The van der Waals surface area contributed by atoms with E-state index in [1.807, 2.05) is 0 Å². The van der Waals surface area contributed by atoms with E-state index in [-0.39, 0.29) is 17.5 Å². The van der Waals surface area contributed by atoms with Gasteiger partial charge in [0, 0.05) is 136 Å². The highest BCUT2D eigenvalue weighted by molar-refractivity contribution is 5.79. The molecule has 2 atom stereocenters. The van der Waals surface area contributed by atoms with Gasteiger partial charge >= 0.3 is 0 Å². The Balaban J connectivity index is 1.32. The van der Waals surface area contributed by atoms with E-state index in [0.717, 1.165) is 124 Å². The summed E-state index contributed by atoms with van der Waals surface area (Å²) in [7, 11) is 0. The van der Waals surface area contributed by atoms with E-state index >= 15 is 0 Å². The van der Waals surface area contributed by atoms with Crippen LogP contribution in [0.3, 0.4) is 0 Å². The van der Waals surface area contributed by atoms with Gasteiger partial charge in [-0.2, -0.15) is 0 Å². The SMILES string of the molecule is NC(=O)C1CCNCCNCCNCCN2CCC2CNCCNCCNCCNCCNC2(CCCC2)CNCCN1. The Morgan fingerprint density at radius 2 is 1.12 bits per heavy atom. The van der Waals surface area contributed by atoms with Crippen molar-refractivity contribution in [3.63, 3.8) is 0 Å². The molecule has 1 saturated carbocycles. The average molecular weight is 611 g/mol. The summed E-state index contributed by atoms with van der Waals surface area (Å²) in [6, 6.07) is 0.384. The number of carbonyl (C=O) groups is 1. The van der Waals surface area contributed by atoms with Crippen molar-refractivity contribution in [2.75, 3.05) is 131 Å². The van der Waals surface area contributed by atoms with E-state index < -0.39 is 0 Å². The van der Waals surface area contributed by atoms with Crippen LogP contribution >= 0.6 is 0 Å². The molecule has 3 rings (SSSR count). The molecule has 13 nitrogen and oxygen atoms in total. The summed E-state index contributed by atoms with van der Waals surface area (Å²) < 4.78 is 0. The Hall–Kier alpha value is -0.970. The highest BCUT2D eigenvalue weighted by atomic mass is 16.1. The number of hydrogen-bond acceptors (Lipinski definition) is 12. The monoisotopic (exact) mass is 611 g/mol. The lowest BCUT2D eigenvalue weighted by Crippen LogP contribution is -2.55. The predicted molar refractivity (Wildman–Crippen MR) is 178 cm³/mol. The predicted octanol–water partition coefficient (Wildman–Crippen LogP) is -3.47. The lowest BCUT2D eigenvalue weighted by Gasteiger charge is -2.41. The zero-order valence-electron chi connectivity index (χ0n) is 27.0. The molecule has 2 heterocycles. The first-order valence-corrected chi connectivity index (χ1v) is 17.4. The molecule has 0 bridgehead atoms. The van der Waals surface area contributed by atoms with Gasteiger partial charge in [-0.1, -0.05) is 12.8 Å². The molecule has 2 aliphatic heterocycles. The fraction of sp³-hybridized carbons (Fsp3) is 0.967. The Morgan fingerprint density at radius 3 is 1.70 bits per heavy atom. The second kappa shape index (κ2) is 23.4. The minimum absolute atomic E-state index is 0.186. The third-order valence-electron chi connectivity index (χ3n) is 9.09. The Bertz CT molecular complexity index is 696. The largest absolute Gasteiger partial charge is 0.368 e. The first-order valence-electron chi connectivity index (χ1n) is 17.4. The molecule has 0 aromatic heterocycles. The van der Waals surface area contributed by atoms with Crippen molar-refractivity contribution in [3.05, 3.63) is 0 Å². The highest BCUT2D eigenvalue weighted by Gasteiger charge is 2.32. The summed E-state index contributed by atoms with van der Waals surface area (Å²) in [5.74, 6) is -0.275. The molecule has 3 fully saturated rings. The molecule has 0 aromatic rings. The van der Waals surface area contributed by atoms with E-state index in [2.05, 4.69) is 58.1 Å². The van der Waals surface area contributed by atoms with Crippen LogP contribution in [-0.4, -0.2) is 159 Å². The van der Waals surface area contributed by atoms with Crippen molar-refractivity contribution < 1.29 is 4.79 Å². The second-order valence-electron chi connectivity index (χ2n) is 12.5. The number of rotatable bonds is 1. The number of nitrogens with zero attached hydrogens (tertiary/aromatic N) is 1. The Morgan fingerprint density at radius 1 is 0.581 bits per heavy atom. The lowest BCUT2D eigenvalue weighted by molar-refractivity contribution is -0.120. The summed E-state index contributed by atoms with van der Waals surface area (Å²) in [6.07, 6.45) is 7.02. The summed E-state index contributed by atoms with van der Waals surface area (Å²) in [4.78, 5) is 14.5. The summed E-state index contributed by atoms with van der Waals surface area (Å²) in [5, 5.41) is 35.6. The maximum Gasteiger partial charge on any atom is 0.234 e. The number of nitrogens with two attached hydrogens (primary N) is 1. The maximum absolute atomic E-state index is 12.0. The van der Waals surface area contributed by atoms with Gasteiger partial charge in [-0.25, -0.2) is 0 Å². The van der Waals surface area contributed by atoms with Crippen LogP contribution in [0.4, 0.5) is 0 Å². The van der Waals surface area contributed by atoms with E-state index in [4.69, 9.17) is 5.73 Å². The van der Waals surface area contributed by atoms with Gasteiger partial charge in [0.05, 0.1) is 6.04 Å². The fourth-order valence-electron chi connectivity index (χ4n) is 6.28. The third-order valence-corrected chi connectivity index (χ3v) is 9.09. The quantitative estimate of drug-likeness (QED) is 0.142.